The number of benzene rings is 2. The van der Waals surface area contributed by atoms with E-state index < -0.39 is 0 Å². The zero-order valence-corrected chi connectivity index (χ0v) is 12.7. The molecule has 1 heterocycles. The molecule has 0 saturated heterocycles. The Morgan fingerprint density at radius 1 is 1.09 bits per heavy atom. The molecule has 5 heteroatoms. The molecule has 0 atom stereocenters. The predicted octanol–water partition coefficient (Wildman–Crippen LogP) is 3.87. The minimum absolute atomic E-state index is 0.231. The smallest absolute Gasteiger partial charge is 0.293 e. The van der Waals surface area contributed by atoms with Gasteiger partial charge >= 0.3 is 0 Å². The number of furan rings is 1. The van der Waals surface area contributed by atoms with E-state index in [2.05, 4.69) is 10.6 Å². The van der Waals surface area contributed by atoms with Crippen molar-refractivity contribution in [1.82, 2.24) is 5.32 Å². The van der Waals surface area contributed by atoms with Crippen molar-refractivity contribution in [2.75, 3.05) is 5.32 Å². The number of carbonyl (C=O) groups excluding carboxylic acids is 1. The lowest BCUT2D eigenvalue weighted by Crippen LogP contribution is -2.33. The molecule has 0 aliphatic heterocycles. The topological polar surface area (TPSA) is 54.3 Å². The highest BCUT2D eigenvalue weighted by Gasteiger charge is 2.13. The molecular formula is C17H14N2O2S. The third kappa shape index (κ3) is 3.15. The van der Waals surface area contributed by atoms with Crippen LogP contribution in [-0.4, -0.2) is 11.0 Å². The molecule has 2 N–H and O–H groups in total. The van der Waals surface area contributed by atoms with Crippen molar-refractivity contribution in [3.8, 4) is 0 Å². The van der Waals surface area contributed by atoms with Crippen LogP contribution in [0.4, 0.5) is 5.69 Å². The molecular weight excluding hydrogens is 296 g/mol. The third-order valence-corrected chi connectivity index (χ3v) is 3.39. The molecule has 0 unspecified atom stereocenters. The van der Waals surface area contributed by atoms with Crippen LogP contribution in [-0.2, 0) is 0 Å². The van der Waals surface area contributed by atoms with Crippen LogP contribution in [0.25, 0.3) is 11.0 Å². The van der Waals surface area contributed by atoms with Crippen molar-refractivity contribution in [3.63, 3.8) is 0 Å². The van der Waals surface area contributed by atoms with E-state index in [9.17, 15) is 4.79 Å². The van der Waals surface area contributed by atoms with Gasteiger partial charge < -0.3 is 9.73 Å². The Morgan fingerprint density at radius 2 is 1.82 bits per heavy atom. The molecule has 3 aromatic rings. The first kappa shape index (κ1) is 14.3. The predicted molar refractivity (Wildman–Crippen MR) is 91.1 cm³/mol. The van der Waals surface area contributed by atoms with Gasteiger partial charge in [0, 0.05) is 11.1 Å². The van der Waals surface area contributed by atoms with E-state index in [1.165, 1.54) is 0 Å². The van der Waals surface area contributed by atoms with Gasteiger partial charge in [-0.3, -0.25) is 10.1 Å². The van der Waals surface area contributed by atoms with Crippen LogP contribution in [0.5, 0.6) is 0 Å². The second kappa shape index (κ2) is 5.99. The average molecular weight is 310 g/mol. The highest BCUT2D eigenvalue weighted by atomic mass is 32.1. The summed E-state index contributed by atoms with van der Waals surface area (Å²) < 4.78 is 5.50. The summed E-state index contributed by atoms with van der Waals surface area (Å²) in [5.41, 5.74) is 2.65. The quantitative estimate of drug-likeness (QED) is 0.706. The summed E-state index contributed by atoms with van der Waals surface area (Å²) in [6.07, 6.45) is 0. The van der Waals surface area contributed by atoms with Gasteiger partial charge in [-0.25, -0.2) is 0 Å². The fourth-order valence-corrected chi connectivity index (χ4v) is 2.27. The largest absolute Gasteiger partial charge is 0.451 e. The summed E-state index contributed by atoms with van der Waals surface area (Å²) in [7, 11) is 0. The Hall–Kier alpha value is -2.66. The van der Waals surface area contributed by atoms with Crippen LogP contribution in [0.15, 0.2) is 59.0 Å². The minimum atomic E-state index is -0.374. The maximum atomic E-state index is 12.1. The molecule has 0 bridgehead atoms. The maximum absolute atomic E-state index is 12.1. The summed E-state index contributed by atoms with van der Waals surface area (Å²) in [6, 6.07) is 16.9. The van der Waals surface area contributed by atoms with E-state index in [0.717, 1.165) is 16.6 Å². The van der Waals surface area contributed by atoms with Gasteiger partial charge in [0.25, 0.3) is 5.91 Å². The van der Waals surface area contributed by atoms with Crippen molar-refractivity contribution in [2.24, 2.45) is 0 Å². The van der Waals surface area contributed by atoms with E-state index in [1.807, 2.05) is 55.5 Å². The molecule has 0 aliphatic rings. The normalized spacial score (nSPS) is 10.4. The Bertz CT molecular complexity index is 804. The number of para-hydroxylation sites is 1. The van der Waals surface area contributed by atoms with Gasteiger partial charge in [0.15, 0.2) is 10.9 Å². The van der Waals surface area contributed by atoms with E-state index in [0.29, 0.717) is 5.58 Å². The SMILES string of the molecule is Cc1ccc(NC(=S)NC(=O)c2cc3ccccc3o2)cc1. The molecule has 2 aromatic carbocycles. The first-order valence-corrected chi connectivity index (χ1v) is 7.20. The highest BCUT2D eigenvalue weighted by molar-refractivity contribution is 7.80. The summed E-state index contributed by atoms with van der Waals surface area (Å²) >= 11 is 5.14. The van der Waals surface area contributed by atoms with Crippen LogP contribution in [0.3, 0.4) is 0 Å². The molecule has 3 rings (SSSR count). The number of aryl methyl sites for hydroxylation is 1. The van der Waals surface area contributed by atoms with Crippen molar-refractivity contribution in [3.05, 3.63) is 65.9 Å². The fourth-order valence-electron chi connectivity index (χ4n) is 2.06. The molecule has 0 radical (unpaired) electrons. The summed E-state index contributed by atoms with van der Waals surface area (Å²) in [5.74, 6) is -0.143. The maximum Gasteiger partial charge on any atom is 0.293 e. The second-order valence-electron chi connectivity index (χ2n) is 4.92. The van der Waals surface area contributed by atoms with Crippen LogP contribution < -0.4 is 10.6 Å². The van der Waals surface area contributed by atoms with Gasteiger partial charge in [-0.05, 0) is 43.4 Å². The van der Waals surface area contributed by atoms with Crippen LogP contribution in [0, 0.1) is 6.92 Å². The van der Waals surface area contributed by atoms with Gasteiger partial charge in [0.1, 0.15) is 5.58 Å². The van der Waals surface area contributed by atoms with Gasteiger partial charge in [-0.1, -0.05) is 35.9 Å². The lowest BCUT2D eigenvalue weighted by atomic mass is 10.2. The van der Waals surface area contributed by atoms with Crippen LogP contribution in [0.1, 0.15) is 16.1 Å². The number of thiocarbonyl (C=S) groups is 1. The molecule has 0 saturated carbocycles. The monoisotopic (exact) mass is 310 g/mol. The first-order valence-electron chi connectivity index (χ1n) is 6.79. The molecule has 0 fully saturated rings. The van der Waals surface area contributed by atoms with Crippen molar-refractivity contribution in [1.29, 1.82) is 0 Å². The minimum Gasteiger partial charge on any atom is -0.451 e. The lowest BCUT2D eigenvalue weighted by molar-refractivity contribution is 0.0953. The van der Waals surface area contributed by atoms with E-state index >= 15 is 0 Å². The first-order chi connectivity index (χ1) is 10.6. The molecule has 22 heavy (non-hydrogen) atoms. The fraction of sp³-hybridized carbons (Fsp3) is 0.0588. The van der Waals surface area contributed by atoms with Crippen LogP contribution >= 0.6 is 12.2 Å². The van der Waals surface area contributed by atoms with E-state index in [4.69, 9.17) is 16.6 Å². The standard InChI is InChI=1S/C17H14N2O2S/c1-11-6-8-13(9-7-11)18-17(22)19-16(20)15-10-12-4-2-3-5-14(12)21-15/h2-10H,1H3,(H2,18,19,20,22). The summed E-state index contributed by atoms with van der Waals surface area (Å²) in [6.45, 7) is 2.01. The Kier molecular flexibility index (Phi) is 3.89. The zero-order valence-electron chi connectivity index (χ0n) is 11.9. The molecule has 0 aliphatic carbocycles. The number of nitrogens with one attached hydrogen (secondary N) is 2. The Balaban J connectivity index is 1.68. The number of carbonyl (C=O) groups is 1. The average Bonchev–Trinajstić information content (AvgIpc) is 2.93. The number of hydrogen-bond donors (Lipinski definition) is 2. The zero-order chi connectivity index (χ0) is 15.5. The molecule has 1 amide bonds. The van der Waals surface area contributed by atoms with Crippen molar-refractivity contribution >= 4 is 39.9 Å². The number of rotatable bonds is 2. The number of anilines is 1. The van der Waals surface area contributed by atoms with Crippen molar-refractivity contribution < 1.29 is 9.21 Å². The van der Waals surface area contributed by atoms with Gasteiger partial charge in [-0.2, -0.15) is 0 Å². The number of amides is 1. The summed E-state index contributed by atoms with van der Waals surface area (Å²) in [4.78, 5) is 12.1. The molecule has 1 aromatic heterocycles. The molecule has 110 valence electrons. The van der Waals surface area contributed by atoms with Gasteiger partial charge in [0.05, 0.1) is 0 Å². The Morgan fingerprint density at radius 3 is 2.55 bits per heavy atom. The molecule has 4 nitrogen and oxygen atoms in total. The van der Waals surface area contributed by atoms with E-state index in [-0.39, 0.29) is 16.8 Å². The van der Waals surface area contributed by atoms with Gasteiger partial charge in [0.2, 0.25) is 0 Å². The van der Waals surface area contributed by atoms with Crippen LogP contribution in [0.2, 0.25) is 0 Å². The number of hydrogen-bond acceptors (Lipinski definition) is 3. The Labute approximate surface area is 133 Å². The summed E-state index contributed by atoms with van der Waals surface area (Å²) in [5, 5.41) is 6.68. The second-order valence-corrected chi connectivity index (χ2v) is 5.33. The van der Waals surface area contributed by atoms with Gasteiger partial charge in [-0.15, -0.1) is 0 Å². The molecule has 0 spiro atoms. The van der Waals surface area contributed by atoms with Crippen molar-refractivity contribution in [2.45, 2.75) is 6.92 Å². The lowest BCUT2D eigenvalue weighted by Gasteiger charge is -2.08. The highest BCUT2D eigenvalue weighted by Crippen LogP contribution is 2.18. The van der Waals surface area contributed by atoms with E-state index in [1.54, 1.807) is 6.07 Å². The number of fused-ring (bicyclic) bond motifs is 1. The third-order valence-electron chi connectivity index (χ3n) is 3.19.